The van der Waals surface area contributed by atoms with Crippen LogP contribution in [0, 0.1) is 0 Å². The second-order valence-electron chi connectivity index (χ2n) is 6.64. The monoisotopic (exact) mass is 379 g/mol. The summed E-state index contributed by atoms with van der Waals surface area (Å²) in [5.41, 5.74) is 2.29. The highest BCUT2D eigenvalue weighted by Gasteiger charge is 2.20. The maximum Gasteiger partial charge on any atom is 0.320 e. The van der Waals surface area contributed by atoms with Gasteiger partial charge in [-0.3, -0.25) is 14.8 Å². The quantitative estimate of drug-likeness (QED) is 0.713. The number of pyridine rings is 1. The Morgan fingerprint density at radius 1 is 1.25 bits per heavy atom. The molecule has 28 heavy (non-hydrogen) atoms. The molecule has 8 heteroatoms. The Kier molecular flexibility index (Phi) is 5.03. The number of fused-ring (bicyclic) bond motifs is 4. The molecule has 0 saturated heterocycles. The zero-order valence-corrected chi connectivity index (χ0v) is 15.5. The van der Waals surface area contributed by atoms with Crippen molar-refractivity contribution in [3.05, 3.63) is 53.9 Å². The molecule has 2 bridgehead atoms. The molecular formula is C20H21N5O3. The van der Waals surface area contributed by atoms with Crippen LogP contribution in [0.5, 0.6) is 0 Å². The molecule has 2 aromatic heterocycles. The van der Waals surface area contributed by atoms with Crippen molar-refractivity contribution in [1.82, 2.24) is 20.1 Å². The molecule has 0 aliphatic carbocycles. The van der Waals surface area contributed by atoms with E-state index in [0.29, 0.717) is 18.1 Å². The van der Waals surface area contributed by atoms with E-state index in [1.807, 2.05) is 37.3 Å². The zero-order chi connectivity index (χ0) is 19.5. The van der Waals surface area contributed by atoms with Gasteiger partial charge in [0.1, 0.15) is 12.4 Å². The summed E-state index contributed by atoms with van der Waals surface area (Å²) in [4.78, 5) is 29.5. The summed E-state index contributed by atoms with van der Waals surface area (Å²) in [5.74, 6) is 0.310. The minimum atomic E-state index is -0.384. The Morgan fingerprint density at radius 2 is 2.07 bits per heavy atom. The standard InChI is InChI=1S/C20H21N5O3/c1-2-25-19-14(10-21-25)8-18-22-16(19)9-15(26)11-28-12-17(23-20(27)24-18)13-6-4-3-5-7-13/h3-8,10,17H,2,9,11-12H2,1H3,(H2,22,23,24,27). The largest absolute Gasteiger partial charge is 0.371 e. The van der Waals surface area contributed by atoms with E-state index in [9.17, 15) is 9.59 Å². The number of rotatable bonds is 2. The molecule has 144 valence electrons. The number of benzene rings is 1. The minimum absolute atomic E-state index is 0.0414. The van der Waals surface area contributed by atoms with Gasteiger partial charge in [-0.05, 0) is 18.6 Å². The van der Waals surface area contributed by atoms with Crippen molar-refractivity contribution in [3.8, 4) is 0 Å². The number of anilines is 1. The van der Waals surface area contributed by atoms with Gasteiger partial charge >= 0.3 is 6.03 Å². The zero-order valence-electron chi connectivity index (χ0n) is 15.5. The molecule has 1 atom stereocenters. The number of ether oxygens (including phenoxy) is 1. The first-order valence-electron chi connectivity index (χ1n) is 9.21. The number of ketones is 1. The molecule has 1 unspecified atom stereocenters. The number of nitrogens with one attached hydrogen (secondary N) is 2. The summed E-state index contributed by atoms with van der Waals surface area (Å²) < 4.78 is 7.41. The van der Waals surface area contributed by atoms with Crippen molar-refractivity contribution in [2.24, 2.45) is 0 Å². The fourth-order valence-corrected chi connectivity index (χ4v) is 3.37. The van der Waals surface area contributed by atoms with Gasteiger partial charge < -0.3 is 10.1 Å². The number of hydrogen-bond donors (Lipinski definition) is 2. The van der Waals surface area contributed by atoms with Gasteiger partial charge in [0.25, 0.3) is 0 Å². The van der Waals surface area contributed by atoms with E-state index in [4.69, 9.17) is 4.74 Å². The van der Waals surface area contributed by atoms with Gasteiger partial charge in [0.15, 0.2) is 5.78 Å². The number of aryl methyl sites for hydroxylation is 1. The lowest BCUT2D eigenvalue weighted by atomic mass is 10.1. The van der Waals surface area contributed by atoms with Crippen LogP contribution >= 0.6 is 0 Å². The van der Waals surface area contributed by atoms with Gasteiger partial charge in [0.2, 0.25) is 0 Å². The molecule has 2 amide bonds. The van der Waals surface area contributed by atoms with E-state index in [1.54, 1.807) is 16.9 Å². The topological polar surface area (TPSA) is 98.1 Å². The number of Topliss-reactive ketones (excluding diaryl/α,β-unsaturated/α-hetero) is 1. The lowest BCUT2D eigenvalue weighted by molar-refractivity contribution is -0.123. The van der Waals surface area contributed by atoms with Gasteiger partial charge in [-0.15, -0.1) is 0 Å². The van der Waals surface area contributed by atoms with Crippen LogP contribution in [0.1, 0.15) is 24.2 Å². The predicted molar refractivity (Wildman–Crippen MR) is 104 cm³/mol. The van der Waals surface area contributed by atoms with Gasteiger partial charge in [-0.2, -0.15) is 5.10 Å². The normalized spacial score (nSPS) is 18.1. The first-order valence-corrected chi connectivity index (χ1v) is 9.21. The molecule has 2 N–H and O–H groups in total. The van der Waals surface area contributed by atoms with Gasteiger partial charge in [-0.25, -0.2) is 9.78 Å². The maximum atomic E-state index is 12.5. The highest BCUT2D eigenvalue weighted by Crippen LogP contribution is 2.23. The predicted octanol–water partition coefficient (Wildman–Crippen LogP) is 2.46. The molecule has 0 fully saturated rings. The van der Waals surface area contributed by atoms with E-state index in [2.05, 4.69) is 20.7 Å². The van der Waals surface area contributed by atoms with Crippen LogP contribution in [0.15, 0.2) is 42.6 Å². The van der Waals surface area contributed by atoms with Crippen LogP contribution < -0.4 is 10.6 Å². The average molecular weight is 379 g/mol. The molecule has 0 radical (unpaired) electrons. The molecule has 8 nitrogen and oxygen atoms in total. The van der Waals surface area contributed by atoms with E-state index in [1.165, 1.54) is 0 Å². The van der Waals surface area contributed by atoms with E-state index in [-0.39, 0.29) is 37.5 Å². The number of nitrogens with zero attached hydrogens (tertiary/aromatic N) is 3. The summed E-state index contributed by atoms with van der Waals surface area (Å²) in [6.45, 7) is 2.80. The van der Waals surface area contributed by atoms with Crippen LogP contribution in [0.25, 0.3) is 10.9 Å². The molecule has 1 aliphatic rings. The molecule has 0 spiro atoms. The lowest BCUT2D eigenvalue weighted by Gasteiger charge is -2.20. The van der Waals surface area contributed by atoms with Crippen molar-refractivity contribution in [1.29, 1.82) is 0 Å². The lowest BCUT2D eigenvalue weighted by Crippen LogP contribution is -2.36. The van der Waals surface area contributed by atoms with Crippen LogP contribution in [0.3, 0.4) is 0 Å². The fraction of sp³-hybridized carbons (Fsp3) is 0.300. The van der Waals surface area contributed by atoms with E-state index in [0.717, 1.165) is 16.5 Å². The van der Waals surface area contributed by atoms with Crippen molar-refractivity contribution >= 4 is 28.5 Å². The van der Waals surface area contributed by atoms with Crippen molar-refractivity contribution in [3.63, 3.8) is 0 Å². The number of carbonyl (C=O) groups excluding carboxylic acids is 2. The highest BCUT2D eigenvalue weighted by molar-refractivity contribution is 5.93. The fourth-order valence-electron chi connectivity index (χ4n) is 3.37. The van der Waals surface area contributed by atoms with Crippen molar-refractivity contribution in [2.45, 2.75) is 25.9 Å². The second kappa shape index (κ2) is 7.77. The molecule has 1 aliphatic heterocycles. The number of urea groups is 1. The Labute approximate surface area is 161 Å². The maximum absolute atomic E-state index is 12.5. The molecule has 0 saturated carbocycles. The van der Waals surface area contributed by atoms with Crippen molar-refractivity contribution in [2.75, 3.05) is 18.5 Å². The van der Waals surface area contributed by atoms with Crippen LogP contribution in [0.4, 0.5) is 10.6 Å². The summed E-state index contributed by atoms with van der Waals surface area (Å²) in [7, 11) is 0. The number of amides is 2. The Morgan fingerprint density at radius 3 is 2.86 bits per heavy atom. The van der Waals surface area contributed by atoms with Gasteiger partial charge in [0, 0.05) is 11.9 Å². The van der Waals surface area contributed by atoms with Gasteiger partial charge in [-0.1, -0.05) is 30.3 Å². The third-order valence-corrected chi connectivity index (χ3v) is 4.65. The molecule has 4 rings (SSSR count). The van der Waals surface area contributed by atoms with Crippen LogP contribution in [-0.4, -0.2) is 39.8 Å². The molecule has 3 heterocycles. The van der Waals surface area contributed by atoms with Crippen molar-refractivity contribution < 1.29 is 14.3 Å². The number of hydrogen-bond acceptors (Lipinski definition) is 5. The Hall–Kier alpha value is -3.26. The SMILES string of the molecule is CCn1ncc2cc3nc(c21)CC(=O)COCC(c1ccccc1)NC(=O)N3. The highest BCUT2D eigenvalue weighted by atomic mass is 16.5. The summed E-state index contributed by atoms with van der Waals surface area (Å²) in [6.07, 6.45) is 1.84. The minimum Gasteiger partial charge on any atom is -0.371 e. The van der Waals surface area contributed by atoms with Crippen LogP contribution in [-0.2, 0) is 22.5 Å². The summed E-state index contributed by atoms with van der Waals surface area (Å²) >= 11 is 0. The Balaban J connectivity index is 1.69. The second-order valence-corrected chi connectivity index (χ2v) is 6.64. The third kappa shape index (κ3) is 3.72. The summed E-state index contributed by atoms with van der Waals surface area (Å²) in [5, 5.41) is 10.8. The van der Waals surface area contributed by atoms with E-state index >= 15 is 0 Å². The smallest absolute Gasteiger partial charge is 0.320 e. The molecule has 3 aromatic rings. The van der Waals surface area contributed by atoms with E-state index < -0.39 is 0 Å². The van der Waals surface area contributed by atoms with Crippen LogP contribution in [0.2, 0.25) is 0 Å². The first-order chi connectivity index (χ1) is 13.6. The number of aromatic nitrogens is 3. The molecule has 1 aromatic carbocycles. The average Bonchev–Trinajstić information content (AvgIpc) is 3.10. The summed E-state index contributed by atoms with van der Waals surface area (Å²) in [6, 6.07) is 10.5. The van der Waals surface area contributed by atoms with Gasteiger partial charge in [0.05, 0.1) is 36.5 Å². The molecular weight excluding hydrogens is 358 g/mol. The Bertz CT molecular complexity index is 1020. The number of carbonyl (C=O) groups is 2. The first kappa shape index (κ1) is 18.1. The third-order valence-electron chi connectivity index (χ3n) is 4.65.